The van der Waals surface area contributed by atoms with Crippen LogP contribution in [0.1, 0.15) is 23.6 Å². The Morgan fingerprint density at radius 2 is 1.84 bits per heavy atom. The van der Waals surface area contributed by atoms with Crippen LogP contribution in [0.4, 0.5) is 4.79 Å². The van der Waals surface area contributed by atoms with E-state index in [1.807, 2.05) is 31.2 Å². The van der Waals surface area contributed by atoms with Crippen molar-refractivity contribution in [3.05, 3.63) is 35.4 Å². The number of aryl methyl sites for hydroxylation is 1. The van der Waals surface area contributed by atoms with Crippen molar-refractivity contribution in [2.75, 3.05) is 13.7 Å². The molecule has 2 aliphatic rings. The van der Waals surface area contributed by atoms with Gasteiger partial charge in [-0.25, -0.2) is 4.79 Å². The van der Waals surface area contributed by atoms with Crippen LogP contribution in [0, 0.1) is 6.92 Å². The highest BCUT2D eigenvalue weighted by atomic mass is 16.7. The number of hydrogen-bond acceptors (Lipinski definition) is 7. The summed E-state index contributed by atoms with van der Waals surface area (Å²) < 4.78 is 10.9. The van der Waals surface area contributed by atoms with E-state index >= 15 is 0 Å². The van der Waals surface area contributed by atoms with Crippen molar-refractivity contribution in [1.29, 1.82) is 0 Å². The number of aliphatic hydroxyl groups is 4. The van der Waals surface area contributed by atoms with Crippen LogP contribution in [0.15, 0.2) is 24.3 Å². The Bertz CT molecular complexity index is 634. The van der Waals surface area contributed by atoms with E-state index in [4.69, 9.17) is 9.47 Å². The molecule has 0 saturated carbocycles. The summed E-state index contributed by atoms with van der Waals surface area (Å²) >= 11 is 0. The monoisotopic (exact) mass is 353 g/mol. The Hall–Kier alpha value is -1.71. The predicted molar refractivity (Wildman–Crippen MR) is 85.5 cm³/mol. The van der Waals surface area contributed by atoms with Crippen LogP contribution in [-0.2, 0) is 9.47 Å². The first-order valence-electron chi connectivity index (χ1n) is 8.14. The van der Waals surface area contributed by atoms with Crippen LogP contribution < -0.4 is 0 Å². The second-order valence-electron chi connectivity index (χ2n) is 6.69. The smallest absolute Gasteiger partial charge is 0.412 e. The molecule has 3 rings (SSSR count). The molecule has 0 radical (unpaired) electrons. The normalized spacial score (nSPS) is 38.7. The second-order valence-corrected chi connectivity index (χ2v) is 6.69. The Kier molecular flexibility index (Phi) is 4.74. The van der Waals surface area contributed by atoms with Crippen LogP contribution in [0.2, 0.25) is 0 Å². The van der Waals surface area contributed by atoms with Gasteiger partial charge < -0.3 is 34.8 Å². The van der Waals surface area contributed by atoms with Gasteiger partial charge in [-0.1, -0.05) is 29.8 Å². The maximum absolute atomic E-state index is 12.4. The summed E-state index contributed by atoms with van der Waals surface area (Å²) in [6, 6.07) is 7.09. The van der Waals surface area contributed by atoms with Crippen LogP contribution >= 0.6 is 0 Å². The Labute approximate surface area is 145 Å². The minimum Gasteiger partial charge on any atom is -0.414 e. The van der Waals surface area contributed by atoms with Gasteiger partial charge in [0.05, 0.1) is 12.6 Å². The molecule has 138 valence electrons. The van der Waals surface area contributed by atoms with E-state index in [0.29, 0.717) is 0 Å². The van der Waals surface area contributed by atoms with Gasteiger partial charge in [-0.2, -0.15) is 0 Å². The molecule has 8 heteroatoms. The highest BCUT2D eigenvalue weighted by Gasteiger charge is 2.59. The van der Waals surface area contributed by atoms with Crippen LogP contribution in [0.5, 0.6) is 0 Å². The zero-order valence-electron chi connectivity index (χ0n) is 14.1. The van der Waals surface area contributed by atoms with Gasteiger partial charge >= 0.3 is 6.09 Å². The van der Waals surface area contributed by atoms with E-state index in [1.165, 1.54) is 4.90 Å². The summed E-state index contributed by atoms with van der Waals surface area (Å²) in [5.74, 6) is -1.84. The molecular weight excluding hydrogens is 330 g/mol. The zero-order valence-corrected chi connectivity index (χ0v) is 14.1. The fourth-order valence-electron chi connectivity index (χ4n) is 3.39. The predicted octanol–water partition coefficient (Wildman–Crippen LogP) is -0.322. The van der Waals surface area contributed by atoms with Crippen molar-refractivity contribution in [3.63, 3.8) is 0 Å². The minimum absolute atomic E-state index is 0.0414. The van der Waals surface area contributed by atoms with Crippen LogP contribution in [0.3, 0.4) is 0 Å². The van der Waals surface area contributed by atoms with E-state index in [0.717, 1.165) is 11.1 Å². The molecule has 6 atom stereocenters. The Morgan fingerprint density at radius 1 is 1.20 bits per heavy atom. The maximum Gasteiger partial charge on any atom is 0.412 e. The van der Waals surface area contributed by atoms with Crippen molar-refractivity contribution in [1.82, 2.24) is 4.90 Å². The lowest BCUT2D eigenvalue weighted by Gasteiger charge is -2.52. The Balaban J connectivity index is 1.96. The van der Waals surface area contributed by atoms with Crippen molar-refractivity contribution in [3.8, 4) is 0 Å². The molecule has 4 N–H and O–H groups in total. The molecule has 25 heavy (non-hydrogen) atoms. The number of rotatable bonds is 2. The van der Waals surface area contributed by atoms with Gasteiger partial charge in [0.15, 0.2) is 0 Å². The maximum atomic E-state index is 12.4. The van der Waals surface area contributed by atoms with Gasteiger partial charge in [-0.15, -0.1) is 0 Å². The minimum atomic E-state index is -1.84. The van der Waals surface area contributed by atoms with Crippen LogP contribution in [0.25, 0.3) is 0 Å². The van der Waals surface area contributed by atoms with Gasteiger partial charge in [0.25, 0.3) is 0 Å². The third kappa shape index (κ3) is 3.00. The van der Waals surface area contributed by atoms with Crippen LogP contribution in [-0.4, -0.2) is 75.3 Å². The first-order valence-corrected chi connectivity index (χ1v) is 8.14. The molecule has 0 unspecified atom stereocenters. The molecule has 1 spiro atoms. The standard InChI is InChI=1S/C17H23NO7/c1-9-3-5-10(6-4-9)11-7-17(25-16(23)18(11)2)15(22)14(21)13(20)12(8-19)24-17/h3-6,11-15,19-22H,7-8H2,1-2H3/t11-,12+,13+,14-,15+,17+/m0/s1. The van der Waals surface area contributed by atoms with E-state index < -0.39 is 48.9 Å². The number of amides is 1. The van der Waals surface area contributed by atoms with E-state index in [2.05, 4.69) is 0 Å². The summed E-state index contributed by atoms with van der Waals surface area (Å²) in [7, 11) is 1.57. The highest BCUT2D eigenvalue weighted by molar-refractivity contribution is 5.69. The van der Waals surface area contributed by atoms with Gasteiger partial charge in [0.1, 0.15) is 24.4 Å². The number of hydrogen-bond donors (Lipinski definition) is 4. The molecule has 2 aliphatic heterocycles. The van der Waals surface area contributed by atoms with Gasteiger partial charge in [0.2, 0.25) is 5.79 Å². The van der Waals surface area contributed by atoms with E-state index in [-0.39, 0.29) is 6.42 Å². The molecule has 2 saturated heterocycles. The number of ether oxygens (including phenoxy) is 2. The summed E-state index contributed by atoms with van der Waals surface area (Å²) in [6.45, 7) is 1.36. The topological polar surface area (TPSA) is 120 Å². The lowest BCUT2D eigenvalue weighted by Crippen LogP contribution is -2.69. The average molecular weight is 353 g/mol. The highest BCUT2D eigenvalue weighted by Crippen LogP contribution is 2.43. The summed E-state index contributed by atoms with van der Waals surface area (Å²) in [5.41, 5.74) is 1.88. The van der Waals surface area contributed by atoms with Gasteiger partial charge in [-0.3, -0.25) is 0 Å². The molecule has 1 aromatic rings. The lowest BCUT2D eigenvalue weighted by atomic mass is 9.85. The molecule has 2 fully saturated rings. The fraction of sp³-hybridized carbons (Fsp3) is 0.588. The number of carbonyl (C=O) groups excluding carboxylic acids is 1. The van der Waals surface area contributed by atoms with Crippen molar-refractivity contribution >= 4 is 6.09 Å². The molecule has 0 bridgehead atoms. The molecule has 1 aromatic carbocycles. The largest absolute Gasteiger partial charge is 0.414 e. The SMILES string of the molecule is Cc1ccc([C@@H]2C[C@]3(OC(=O)N2C)O[C@H](CO)[C@@H](O)[C@H](O)[C@H]3O)cc1. The summed E-state index contributed by atoms with van der Waals surface area (Å²) in [4.78, 5) is 13.7. The average Bonchev–Trinajstić information content (AvgIpc) is 2.60. The molecule has 1 amide bonds. The second kappa shape index (κ2) is 6.54. The molecule has 2 heterocycles. The van der Waals surface area contributed by atoms with E-state index in [9.17, 15) is 25.2 Å². The van der Waals surface area contributed by atoms with Crippen molar-refractivity contribution in [2.24, 2.45) is 0 Å². The van der Waals surface area contributed by atoms with Crippen molar-refractivity contribution in [2.45, 2.75) is 49.6 Å². The molecular formula is C17H23NO7. The first kappa shape index (κ1) is 18.1. The molecule has 8 nitrogen and oxygen atoms in total. The first-order chi connectivity index (χ1) is 11.8. The quantitative estimate of drug-likeness (QED) is 0.575. The van der Waals surface area contributed by atoms with Crippen molar-refractivity contribution < 1.29 is 34.7 Å². The third-order valence-corrected chi connectivity index (χ3v) is 4.99. The lowest BCUT2D eigenvalue weighted by molar-refractivity contribution is -0.360. The number of nitrogens with zero attached hydrogens (tertiary/aromatic N) is 1. The van der Waals surface area contributed by atoms with Gasteiger partial charge in [-0.05, 0) is 12.5 Å². The number of carbonyl (C=O) groups is 1. The molecule has 0 aliphatic carbocycles. The third-order valence-electron chi connectivity index (χ3n) is 4.99. The van der Waals surface area contributed by atoms with E-state index in [1.54, 1.807) is 7.05 Å². The number of benzene rings is 1. The zero-order chi connectivity index (χ0) is 18.4. The van der Waals surface area contributed by atoms with Gasteiger partial charge in [0, 0.05) is 13.5 Å². The fourth-order valence-corrected chi connectivity index (χ4v) is 3.39. The summed E-state index contributed by atoms with van der Waals surface area (Å²) in [6.07, 6.45) is -6.59. The number of aliphatic hydroxyl groups excluding tert-OH is 4. The molecule has 0 aromatic heterocycles. The summed E-state index contributed by atoms with van der Waals surface area (Å²) in [5, 5.41) is 39.8. The Morgan fingerprint density at radius 3 is 2.44 bits per heavy atom.